The highest BCUT2D eigenvalue weighted by Crippen LogP contribution is 2.27. The Hall–Kier alpha value is -2.16. The van der Waals surface area contributed by atoms with Crippen molar-refractivity contribution in [3.8, 4) is 5.75 Å². The third kappa shape index (κ3) is 3.19. The average molecular weight is 289 g/mol. The number of aromatic amines is 1. The number of para-hydroxylation sites is 2. The van der Waals surface area contributed by atoms with Crippen LogP contribution in [0.1, 0.15) is 0 Å². The van der Waals surface area contributed by atoms with Crippen LogP contribution in [0, 0.1) is 0 Å². The number of aromatic nitrogens is 2. The third-order valence-corrected chi connectivity index (χ3v) is 3.40. The molecule has 1 aromatic heterocycles. The number of halogens is 2. The third-order valence-electron chi connectivity index (χ3n) is 2.11. The molecule has 0 saturated carbocycles. The van der Waals surface area contributed by atoms with Gasteiger partial charge in [0, 0.05) is 0 Å². The SMILES string of the molecule is O=S(=O)(Nc1ccccc1OC(F)F)c1cnc[nH]1. The molecule has 6 nitrogen and oxygen atoms in total. The van der Waals surface area contributed by atoms with Crippen molar-refractivity contribution >= 4 is 15.7 Å². The molecular formula is C10H9F2N3O3S. The maximum Gasteiger partial charge on any atom is 0.387 e. The Morgan fingerprint density at radius 3 is 2.68 bits per heavy atom. The number of imidazole rings is 1. The van der Waals surface area contributed by atoms with Crippen molar-refractivity contribution in [2.45, 2.75) is 11.6 Å². The largest absolute Gasteiger partial charge is 0.433 e. The second kappa shape index (κ2) is 5.22. The van der Waals surface area contributed by atoms with E-state index < -0.39 is 16.6 Å². The van der Waals surface area contributed by atoms with Gasteiger partial charge < -0.3 is 9.72 Å². The van der Waals surface area contributed by atoms with Crippen molar-refractivity contribution in [1.29, 1.82) is 0 Å². The van der Waals surface area contributed by atoms with Gasteiger partial charge in [0.2, 0.25) is 0 Å². The fourth-order valence-corrected chi connectivity index (χ4v) is 2.32. The van der Waals surface area contributed by atoms with Gasteiger partial charge in [-0.25, -0.2) is 4.98 Å². The first-order valence-corrected chi connectivity index (χ1v) is 6.52. The first-order valence-electron chi connectivity index (χ1n) is 5.04. The lowest BCUT2D eigenvalue weighted by molar-refractivity contribution is -0.0493. The summed E-state index contributed by atoms with van der Waals surface area (Å²) in [5.41, 5.74) is -0.0857. The molecule has 0 radical (unpaired) electrons. The molecule has 2 N–H and O–H groups in total. The van der Waals surface area contributed by atoms with Gasteiger partial charge in [-0.3, -0.25) is 4.72 Å². The van der Waals surface area contributed by atoms with Crippen LogP contribution in [0.15, 0.2) is 41.8 Å². The Balaban J connectivity index is 2.29. The molecule has 9 heteroatoms. The molecule has 2 rings (SSSR count). The standard InChI is InChI=1S/C10H9F2N3O3S/c11-10(12)18-8-4-2-1-3-7(8)15-19(16,17)9-5-13-6-14-9/h1-6,10,15H,(H,13,14). The number of alkyl halides is 2. The molecule has 0 unspecified atom stereocenters. The van der Waals surface area contributed by atoms with Crippen LogP contribution >= 0.6 is 0 Å². The fraction of sp³-hybridized carbons (Fsp3) is 0.100. The minimum Gasteiger partial charge on any atom is -0.433 e. The van der Waals surface area contributed by atoms with Crippen LogP contribution in [0.25, 0.3) is 0 Å². The lowest BCUT2D eigenvalue weighted by Crippen LogP contribution is -2.15. The molecule has 0 amide bonds. The second-order valence-corrected chi connectivity index (χ2v) is 5.05. The van der Waals surface area contributed by atoms with E-state index in [0.717, 1.165) is 6.20 Å². The van der Waals surface area contributed by atoms with E-state index in [1.165, 1.54) is 30.6 Å². The molecule has 1 aromatic carbocycles. The predicted molar refractivity (Wildman–Crippen MR) is 62.5 cm³/mol. The summed E-state index contributed by atoms with van der Waals surface area (Å²) < 4.78 is 54.5. The molecular weight excluding hydrogens is 280 g/mol. The topological polar surface area (TPSA) is 84.1 Å². The highest BCUT2D eigenvalue weighted by atomic mass is 32.2. The Bertz CT molecular complexity index is 644. The van der Waals surface area contributed by atoms with E-state index in [2.05, 4.69) is 19.4 Å². The molecule has 0 saturated heterocycles. The number of nitrogens with one attached hydrogen (secondary N) is 2. The lowest BCUT2D eigenvalue weighted by atomic mass is 10.3. The number of hydrogen-bond donors (Lipinski definition) is 2. The summed E-state index contributed by atoms with van der Waals surface area (Å²) in [4.78, 5) is 5.98. The van der Waals surface area contributed by atoms with E-state index in [4.69, 9.17) is 0 Å². The zero-order valence-electron chi connectivity index (χ0n) is 9.38. The van der Waals surface area contributed by atoms with E-state index in [0.29, 0.717) is 0 Å². The van der Waals surface area contributed by atoms with Crippen molar-refractivity contribution < 1.29 is 21.9 Å². The van der Waals surface area contributed by atoms with Gasteiger partial charge in [0.1, 0.15) is 5.75 Å². The molecule has 102 valence electrons. The fourth-order valence-electron chi connectivity index (χ4n) is 1.34. The Labute approximate surface area is 107 Å². The van der Waals surface area contributed by atoms with Gasteiger partial charge in [-0.05, 0) is 12.1 Å². The predicted octanol–water partition coefficient (Wildman–Crippen LogP) is 1.81. The molecule has 0 bridgehead atoms. The van der Waals surface area contributed by atoms with Gasteiger partial charge in [-0.15, -0.1) is 0 Å². The molecule has 1 heterocycles. The quantitative estimate of drug-likeness (QED) is 0.879. The van der Waals surface area contributed by atoms with Crippen LogP contribution in [0.4, 0.5) is 14.5 Å². The molecule has 19 heavy (non-hydrogen) atoms. The van der Waals surface area contributed by atoms with E-state index in [-0.39, 0.29) is 16.5 Å². The summed E-state index contributed by atoms with van der Waals surface area (Å²) in [5, 5.41) is -0.181. The number of nitrogens with zero attached hydrogens (tertiary/aromatic N) is 1. The van der Waals surface area contributed by atoms with Crippen LogP contribution in [0.5, 0.6) is 5.75 Å². The first-order chi connectivity index (χ1) is 8.99. The van der Waals surface area contributed by atoms with E-state index >= 15 is 0 Å². The van der Waals surface area contributed by atoms with Crippen LogP contribution in [-0.2, 0) is 10.0 Å². The van der Waals surface area contributed by atoms with Crippen LogP contribution < -0.4 is 9.46 Å². The van der Waals surface area contributed by atoms with Crippen molar-refractivity contribution in [2.24, 2.45) is 0 Å². The van der Waals surface area contributed by atoms with E-state index in [1.807, 2.05) is 0 Å². The summed E-state index contributed by atoms with van der Waals surface area (Å²) in [6.45, 7) is -3.04. The smallest absolute Gasteiger partial charge is 0.387 e. The first kappa shape index (κ1) is 13.3. The normalized spacial score (nSPS) is 11.5. The number of rotatable bonds is 5. The summed E-state index contributed by atoms with van der Waals surface area (Å²) in [5.74, 6) is -0.263. The summed E-state index contributed by atoms with van der Waals surface area (Å²) >= 11 is 0. The molecule has 0 atom stereocenters. The van der Waals surface area contributed by atoms with Gasteiger partial charge >= 0.3 is 6.61 Å². The monoisotopic (exact) mass is 289 g/mol. The van der Waals surface area contributed by atoms with Gasteiger partial charge in [-0.1, -0.05) is 12.1 Å². The van der Waals surface area contributed by atoms with Crippen molar-refractivity contribution in [3.05, 3.63) is 36.8 Å². The highest BCUT2D eigenvalue weighted by Gasteiger charge is 2.18. The highest BCUT2D eigenvalue weighted by molar-refractivity contribution is 7.92. The van der Waals surface area contributed by atoms with Gasteiger partial charge in [0.05, 0.1) is 18.2 Å². The molecule has 2 aromatic rings. The Kier molecular flexibility index (Phi) is 3.65. The number of benzene rings is 1. The number of hydrogen-bond acceptors (Lipinski definition) is 4. The zero-order valence-corrected chi connectivity index (χ0v) is 10.2. The number of ether oxygens (including phenoxy) is 1. The number of H-pyrrole nitrogens is 1. The molecule has 0 aliphatic carbocycles. The van der Waals surface area contributed by atoms with Crippen LogP contribution in [0.3, 0.4) is 0 Å². The maximum absolute atomic E-state index is 12.2. The Morgan fingerprint density at radius 2 is 2.05 bits per heavy atom. The second-order valence-electron chi connectivity index (χ2n) is 3.40. The molecule has 0 aliphatic heterocycles. The van der Waals surface area contributed by atoms with E-state index in [1.54, 1.807) is 0 Å². The lowest BCUT2D eigenvalue weighted by Gasteiger charge is -2.11. The minimum atomic E-state index is -3.92. The van der Waals surface area contributed by atoms with E-state index in [9.17, 15) is 17.2 Å². The maximum atomic E-state index is 12.2. The van der Waals surface area contributed by atoms with Crippen molar-refractivity contribution in [2.75, 3.05) is 4.72 Å². The summed E-state index contributed by atoms with van der Waals surface area (Å²) in [6.07, 6.45) is 2.29. The Morgan fingerprint density at radius 1 is 1.32 bits per heavy atom. The molecule has 0 spiro atoms. The summed E-state index contributed by atoms with van der Waals surface area (Å²) in [7, 11) is -3.92. The number of anilines is 1. The molecule has 0 fully saturated rings. The molecule has 0 aliphatic rings. The zero-order chi connectivity index (χ0) is 13.9. The van der Waals surface area contributed by atoms with Gasteiger partial charge in [-0.2, -0.15) is 17.2 Å². The van der Waals surface area contributed by atoms with Gasteiger partial charge in [0.25, 0.3) is 10.0 Å². The van der Waals surface area contributed by atoms with Crippen LogP contribution in [0.2, 0.25) is 0 Å². The van der Waals surface area contributed by atoms with Crippen molar-refractivity contribution in [1.82, 2.24) is 9.97 Å². The van der Waals surface area contributed by atoms with Gasteiger partial charge in [0.15, 0.2) is 5.03 Å². The average Bonchev–Trinajstić information content (AvgIpc) is 2.85. The summed E-state index contributed by atoms with van der Waals surface area (Å²) in [6, 6.07) is 5.48. The minimum absolute atomic E-state index is 0.0857. The van der Waals surface area contributed by atoms with Crippen molar-refractivity contribution in [3.63, 3.8) is 0 Å². The number of sulfonamides is 1. The van der Waals surface area contributed by atoms with Crippen LogP contribution in [-0.4, -0.2) is 25.0 Å².